The third kappa shape index (κ3) is 2.36. The van der Waals surface area contributed by atoms with E-state index in [1.807, 2.05) is 23.4 Å². The minimum atomic E-state index is 0.189. The minimum Gasteiger partial charge on any atom is -0.378 e. The van der Waals surface area contributed by atoms with Gasteiger partial charge in [-0.1, -0.05) is 6.92 Å². The lowest BCUT2D eigenvalue weighted by Gasteiger charge is -2.20. The molecule has 0 saturated carbocycles. The molecular weight excluding hydrogens is 254 g/mol. The van der Waals surface area contributed by atoms with Gasteiger partial charge in [0.25, 0.3) is 0 Å². The highest BCUT2D eigenvalue weighted by Crippen LogP contribution is 2.26. The predicted molar refractivity (Wildman–Crippen MR) is 76.4 cm³/mol. The first-order chi connectivity index (χ1) is 9.83. The van der Waals surface area contributed by atoms with Crippen molar-refractivity contribution in [1.82, 2.24) is 24.6 Å². The normalized spacial score (nSPS) is 22.5. The Hall–Kier alpha value is -1.66. The maximum Gasteiger partial charge on any atom is 0.0954 e. The van der Waals surface area contributed by atoms with Gasteiger partial charge in [-0.15, -0.1) is 0 Å². The van der Waals surface area contributed by atoms with Gasteiger partial charge in [-0.2, -0.15) is 5.10 Å². The smallest absolute Gasteiger partial charge is 0.0954 e. The first-order valence-electron chi connectivity index (χ1n) is 7.11. The summed E-state index contributed by atoms with van der Waals surface area (Å²) < 4.78 is 9.73. The second-order valence-corrected chi connectivity index (χ2v) is 5.18. The van der Waals surface area contributed by atoms with Gasteiger partial charge >= 0.3 is 0 Å². The second kappa shape index (κ2) is 5.76. The number of imidazole rings is 1. The molecule has 0 spiro atoms. The maximum absolute atomic E-state index is 5.55. The first-order valence-corrected chi connectivity index (χ1v) is 7.11. The Morgan fingerprint density at radius 1 is 1.40 bits per heavy atom. The molecule has 1 saturated heterocycles. The molecule has 0 aromatic carbocycles. The fraction of sp³-hybridized carbons (Fsp3) is 0.571. The fourth-order valence-electron chi connectivity index (χ4n) is 2.80. The Balaban J connectivity index is 1.89. The molecule has 0 aliphatic carbocycles. The second-order valence-electron chi connectivity index (χ2n) is 5.18. The summed E-state index contributed by atoms with van der Waals surface area (Å²) in [6, 6.07) is 0.284. The molecule has 0 amide bonds. The first kappa shape index (κ1) is 13.3. The number of aryl methyl sites for hydroxylation is 1. The van der Waals surface area contributed by atoms with Crippen molar-refractivity contribution in [2.75, 3.05) is 20.2 Å². The highest BCUT2D eigenvalue weighted by atomic mass is 16.5. The number of methoxy groups -OCH3 is 1. The lowest BCUT2D eigenvalue weighted by atomic mass is 10.2. The van der Waals surface area contributed by atoms with Crippen LogP contribution in [0.3, 0.4) is 0 Å². The number of ether oxygens (including phenoxy) is 1. The molecule has 1 aliphatic rings. The van der Waals surface area contributed by atoms with Crippen LogP contribution in [0.15, 0.2) is 24.9 Å². The van der Waals surface area contributed by atoms with Crippen molar-refractivity contribution < 1.29 is 4.74 Å². The van der Waals surface area contributed by atoms with Crippen molar-refractivity contribution in [3.8, 4) is 11.3 Å². The van der Waals surface area contributed by atoms with Crippen LogP contribution in [0.4, 0.5) is 0 Å². The molecule has 2 aromatic heterocycles. The zero-order valence-electron chi connectivity index (χ0n) is 12.0. The van der Waals surface area contributed by atoms with E-state index in [0.29, 0.717) is 0 Å². The van der Waals surface area contributed by atoms with E-state index in [-0.39, 0.29) is 12.1 Å². The average Bonchev–Trinajstić information content (AvgIpc) is 3.18. The molecule has 1 unspecified atom stereocenters. The van der Waals surface area contributed by atoms with Crippen molar-refractivity contribution in [2.24, 2.45) is 0 Å². The number of nitrogens with zero attached hydrogens (tertiary/aromatic N) is 4. The van der Waals surface area contributed by atoms with E-state index in [1.165, 1.54) is 0 Å². The SMILES string of the molecule is CCCn1cc(-c2cncn2C2CNC[C@@H]2OC)cn1. The zero-order valence-corrected chi connectivity index (χ0v) is 12.0. The van der Waals surface area contributed by atoms with Crippen LogP contribution in [0.1, 0.15) is 19.4 Å². The Kier molecular flexibility index (Phi) is 3.84. The van der Waals surface area contributed by atoms with Crippen LogP contribution in [0, 0.1) is 0 Å². The van der Waals surface area contributed by atoms with E-state index in [0.717, 1.165) is 37.3 Å². The van der Waals surface area contributed by atoms with Crippen molar-refractivity contribution in [3.63, 3.8) is 0 Å². The number of rotatable bonds is 5. The van der Waals surface area contributed by atoms with Gasteiger partial charge in [0, 0.05) is 38.5 Å². The molecule has 3 heterocycles. The van der Waals surface area contributed by atoms with Crippen molar-refractivity contribution >= 4 is 0 Å². The van der Waals surface area contributed by atoms with Crippen LogP contribution in [0.2, 0.25) is 0 Å². The average molecular weight is 275 g/mol. The van der Waals surface area contributed by atoms with Crippen LogP contribution >= 0.6 is 0 Å². The lowest BCUT2D eigenvalue weighted by Crippen LogP contribution is -2.24. The molecule has 1 N–H and O–H groups in total. The van der Waals surface area contributed by atoms with Crippen molar-refractivity contribution in [2.45, 2.75) is 32.0 Å². The third-order valence-electron chi connectivity index (χ3n) is 3.84. The van der Waals surface area contributed by atoms with E-state index >= 15 is 0 Å². The Labute approximate surface area is 118 Å². The molecular formula is C14H21N5O. The van der Waals surface area contributed by atoms with Gasteiger partial charge in [0.15, 0.2) is 0 Å². The number of hydrogen-bond acceptors (Lipinski definition) is 4. The van der Waals surface area contributed by atoms with Crippen LogP contribution in [-0.2, 0) is 11.3 Å². The summed E-state index contributed by atoms with van der Waals surface area (Å²) in [4.78, 5) is 4.31. The number of hydrogen-bond donors (Lipinski definition) is 1. The Morgan fingerprint density at radius 3 is 3.10 bits per heavy atom. The van der Waals surface area contributed by atoms with E-state index in [1.54, 1.807) is 7.11 Å². The van der Waals surface area contributed by atoms with Gasteiger partial charge in [0.1, 0.15) is 0 Å². The molecule has 0 bridgehead atoms. The fourth-order valence-corrected chi connectivity index (χ4v) is 2.80. The standard InChI is InChI=1S/C14H21N5O/c1-3-4-18-9-11(5-17-18)12-6-16-10-19(12)13-7-15-8-14(13)20-2/h5-6,9-10,13-15H,3-4,7-8H2,1-2H3/t13?,14-/m0/s1. The van der Waals surface area contributed by atoms with Crippen LogP contribution < -0.4 is 5.32 Å². The Bertz CT molecular complexity index is 561. The van der Waals surface area contributed by atoms with Gasteiger partial charge in [-0.05, 0) is 6.42 Å². The summed E-state index contributed by atoms with van der Waals surface area (Å²) in [6.45, 7) is 4.89. The number of nitrogens with one attached hydrogen (secondary N) is 1. The topological polar surface area (TPSA) is 56.9 Å². The summed E-state index contributed by atoms with van der Waals surface area (Å²) in [5.41, 5.74) is 2.21. The van der Waals surface area contributed by atoms with Gasteiger partial charge in [-0.25, -0.2) is 4.98 Å². The maximum atomic E-state index is 5.55. The molecule has 6 nitrogen and oxygen atoms in total. The summed E-state index contributed by atoms with van der Waals surface area (Å²) in [5.74, 6) is 0. The molecule has 2 aromatic rings. The molecule has 0 radical (unpaired) electrons. The van der Waals surface area contributed by atoms with Crippen molar-refractivity contribution in [1.29, 1.82) is 0 Å². The summed E-state index contributed by atoms with van der Waals surface area (Å²) in [5, 5.41) is 7.77. The molecule has 1 aliphatic heterocycles. The summed E-state index contributed by atoms with van der Waals surface area (Å²) >= 11 is 0. The Morgan fingerprint density at radius 2 is 2.30 bits per heavy atom. The predicted octanol–water partition coefficient (Wildman–Crippen LogP) is 1.32. The molecule has 20 heavy (non-hydrogen) atoms. The number of aromatic nitrogens is 4. The van der Waals surface area contributed by atoms with E-state index in [2.05, 4.69) is 33.1 Å². The third-order valence-corrected chi connectivity index (χ3v) is 3.84. The lowest BCUT2D eigenvalue weighted by molar-refractivity contribution is 0.0870. The summed E-state index contributed by atoms with van der Waals surface area (Å²) in [7, 11) is 1.76. The minimum absolute atomic E-state index is 0.189. The highest BCUT2D eigenvalue weighted by molar-refractivity contribution is 5.57. The molecule has 2 atom stereocenters. The van der Waals surface area contributed by atoms with Gasteiger partial charge < -0.3 is 14.6 Å². The van der Waals surface area contributed by atoms with Crippen LogP contribution in [-0.4, -0.2) is 45.6 Å². The van der Waals surface area contributed by atoms with Gasteiger partial charge in [0.05, 0.1) is 36.6 Å². The monoisotopic (exact) mass is 275 g/mol. The van der Waals surface area contributed by atoms with Crippen molar-refractivity contribution in [3.05, 3.63) is 24.9 Å². The van der Waals surface area contributed by atoms with Gasteiger partial charge in [0.2, 0.25) is 0 Å². The van der Waals surface area contributed by atoms with Crippen LogP contribution in [0.5, 0.6) is 0 Å². The molecule has 1 fully saturated rings. The van der Waals surface area contributed by atoms with E-state index in [4.69, 9.17) is 4.74 Å². The highest BCUT2D eigenvalue weighted by Gasteiger charge is 2.29. The molecule has 108 valence electrons. The van der Waals surface area contributed by atoms with Gasteiger partial charge in [-0.3, -0.25) is 4.68 Å². The van der Waals surface area contributed by atoms with E-state index in [9.17, 15) is 0 Å². The summed E-state index contributed by atoms with van der Waals surface area (Å²) in [6.07, 6.45) is 9.05. The van der Waals surface area contributed by atoms with Crippen LogP contribution in [0.25, 0.3) is 11.3 Å². The zero-order chi connectivity index (χ0) is 13.9. The largest absolute Gasteiger partial charge is 0.378 e. The quantitative estimate of drug-likeness (QED) is 0.894. The molecule has 3 rings (SSSR count). The molecule has 6 heteroatoms. The van der Waals surface area contributed by atoms with E-state index < -0.39 is 0 Å².